The van der Waals surface area contributed by atoms with Crippen molar-refractivity contribution >= 4 is 141 Å². The Kier molecular flexibility index (Phi) is 16.0. The summed E-state index contributed by atoms with van der Waals surface area (Å²) in [5, 5.41) is 13.3. The lowest BCUT2D eigenvalue weighted by molar-refractivity contribution is 0.669. The minimum atomic E-state index is 0.760. The summed E-state index contributed by atoms with van der Waals surface area (Å²) < 4.78 is 19.2. The van der Waals surface area contributed by atoms with E-state index in [1.165, 1.54) is 25.6 Å². The first kappa shape index (κ1) is 71.0. The molecule has 0 bridgehead atoms. The summed E-state index contributed by atoms with van der Waals surface area (Å²) in [6.07, 6.45) is 7.61. The predicted molar refractivity (Wildman–Crippen MR) is 520 cm³/mol. The highest BCUT2D eigenvalue weighted by molar-refractivity contribution is 7.25. The van der Waals surface area contributed by atoms with Gasteiger partial charge in [0, 0.05) is 160 Å². The highest BCUT2D eigenvalue weighted by Crippen LogP contribution is 2.47. The van der Waals surface area contributed by atoms with Crippen LogP contribution in [0, 0.1) is 0 Å². The Bertz CT molecular complexity index is 8870. The highest BCUT2D eigenvalue weighted by atomic mass is 32.1. The molecule has 0 spiro atoms. The molecule has 126 heavy (non-hydrogen) atoms. The van der Waals surface area contributed by atoms with Gasteiger partial charge in [0.05, 0.1) is 101 Å². The number of furan rings is 1. The van der Waals surface area contributed by atoms with E-state index in [4.69, 9.17) is 29.3 Å². The van der Waals surface area contributed by atoms with Crippen LogP contribution in [0.4, 0.5) is 0 Å². The fraction of sp³-hybridized carbons (Fsp3) is 0. The van der Waals surface area contributed by atoms with Crippen LogP contribution in [0.1, 0.15) is 0 Å². The fourth-order valence-corrected chi connectivity index (χ4v) is 20.5. The van der Waals surface area contributed by atoms with Gasteiger partial charge in [-0.1, -0.05) is 218 Å². The van der Waals surface area contributed by atoms with Crippen LogP contribution in [0.25, 0.3) is 253 Å². The smallest absolute Gasteiger partial charge is 0.143 e. The Labute approximate surface area is 725 Å². The zero-order valence-corrected chi connectivity index (χ0v) is 68.4. The standard InChI is InChI=1S/C114H68N10OS/c1-5-21-69(22-6-1)99-63-80(64-100(119-99)70-23-7-2-8-24-70)123-105-38-18-15-31-84(105)88-58-76(42-48-108(88)123)97-33-19-32-96(117-97)75-41-47-107-87(57-75)83-30-14-17-37-104(83)122(107)79-61-85(114-92(62-79)93-67-115-53-51-111(93)125-114)73-39-45-109-89(55-73)90-59-77(43-49-110(90)124(109)81-65-101(71-25-9-3-10-26-71)120-102(66-81)72-27-11-4-12-28-72)98-35-20-34-95(118-98)74-40-46-106-86(56-74)82-29-13-16-36-103(82)121(106)78-44-50-112-91(60-78)94-68-116-54-52-113(94)126-112/h1-68H. The number of hydrogen-bond donors (Lipinski definition) is 0. The number of fused-ring (bicyclic) bond motifs is 18. The van der Waals surface area contributed by atoms with Crippen molar-refractivity contribution in [3.8, 4) is 124 Å². The van der Waals surface area contributed by atoms with Crippen LogP contribution in [0.2, 0.25) is 0 Å². The van der Waals surface area contributed by atoms with Crippen molar-refractivity contribution in [2.75, 3.05) is 0 Å². The Morgan fingerprint density at radius 3 is 0.968 bits per heavy atom. The molecule has 0 radical (unpaired) electrons. The van der Waals surface area contributed by atoms with E-state index in [1.54, 1.807) is 11.3 Å². The van der Waals surface area contributed by atoms with E-state index in [-0.39, 0.29) is 0 Å². The van der Waals surface area contributed by atoms with Crippen molar-refractivity contribution in [3.05, 3.63) is 413 Å². The van der Waals surface area contributed by atoms with Crippen LogP contribution in [0.15, 0.2) is 417 Å². The molecule has 0 unspecified atom stereocenters. The Balaban J connectivity index is 0.604. The summed E-state index contributed by atoms with van der Waals surface area (Å²) in [5.74, 6) is 0. The molecule has 0 aliphatic carbocycles. The van der Waals surface area contributed by atoms with Crippen LogP contribution in [0.3, 0.4) is 0 Å². The van der Waals surface area contributed by atoms with Crippen molar-refractivity contribution in [2.24, 2.45) is 0 Å². The van der Waals surface area contributed by atoms with Crippen molar-refractivity contribution in [1.29, 1.82) is 0 Å². The molecule has 12 heteroatoms. The molecule has 0 fully saturated rings. The maximum atomic E-state index is 7.10. The van der Waals surface area contributed by atoms with E-state index in [2.05, 4.69) is 405 Å². The Morgan fingerprint density at radius 2 is 0.532 bits per heavy atom. The summed E-state index contributed by atoms with van der Waals surface area (Å²) in [6.45, 7) is 0. The molecule has 0 aliphatic heterocycles. The lowest BCUT2D eigenvalue weighted by Crippen LogP contribution is -1.98. The SMILES string of the molecule is c1ccc(-c2cc(-n3c4ccccc4c4cc(-c5cccc(-c6ccc7c(c6)c6ccccc6n7-c6cc(-c7ccc8c(c7)c7cc(-c9cccc(-c%10ccc%11c(c%10)c%10ccccc%10n%11-c%10ccc%11sc%12ccncc%12c%11c%10)n9)ccc7n8-c7cc(-c8ccccc8)nc(-c8ccccc8)c7)c7oc8ccncc8c7c6)n5)ccc43)cc(-c3ccccc3)n2)cc1. The lowest BCUT2D eigenvalue weighted by atomic mass is 9.98. The minimum Gasteiger partial charge on any atom is -0.455 e. The first-order valence-electron chi connectivity index (χ1n) is 42.4. The topological polar surface area (TPSA) is 110 Å². The van der Waals surface area contributed by atoms with E-state index in [9.17, 15) is 0 Å². The van der Waals surface area contributed by atoms with Gasteiger partial charge >= 0.3 is 0 Å². The third-order valence-electron chi connectivity index (χ3n) is 25.3. The molecule has 12 aromatic heterocycles. The monoisotopic (exact) mass is 1620 g/mol. The predicted octanol–water partition coefficient (Wildman–Crippen LogP) is 29.7. The van der Waals surface area contributed by atoms with Crippen molar-refractivity contribution < 1.29 is 4.42 Å². The van der Waals surface area contributed by atoms with Gasteiger partial charge < -0.3 is 22.7 Å². The molecule has 26 aromatic rings. The molecular formula is C114H68N10OS. The normalized spacial score (nSPS) is 12.0. The van der Waals surface area contributed by atoms with E-state index < -0.39 is 0 Å². The van der Waals surface area contributed by atoms with E-state index in [0.717, 1.165) is 228 Å². The van der Waals surface area contributed by atoms with Gasteiger partial charge in [0.15, 0.2) is 0 Å². The van der Waals surface area contributed by atoms with E-state index in [0.29, 0.717) is 0 Å². The van der Waals surface area contributed by atoms with Gasteiger partial charge in [-0.3, -0.25) is 9.97 Å². The van der Waals surface area contributed by atoms with E-state index >= 15 is 0 Å². The molecule has 0 amide bonds. The molecule has 0 saturated carbocycles. The summed E-state index contributed by atoms with van der Waals surface area (Å²) in [4.78, 5) is 31.0. The maximum Gasteiger partial charge on any atom is 0.143 e. The second-order valence-electron chi connectivity index (χ2n) is 32.5. The number of hydrogen-bond acceptors (Lipinski definition) is 8. The van der Waals surface area contributed by atoms with Crippen molar-refractivity contribution in [1.82, 2.24) is 48.2 Å². The number of thiophene rings is 1. The van der Waals surface area contributed by atoms with Crippen molar-refractivity contribution in [3.63, 3.8) is 0 Å². The van der Waals surface area contributed by atoms with Gasteiger partial charge in [-0.25, -0.2) is 19.9 Å². The zero-order valence-electron chi connectivity index (χ0n) is 67.5. The molecule has 0 saturated heterocycles. The van der Waals surface area contributed by atoms with Gasteiger partial charge in [-0.2, -0.15) is 0 Å². The number of aromatic nitrogens is 10. The highest BCUT2D eigenvalue weighted by Gasteiger charge is 2.26. The fourth-order valence-electron chi connectivity index (χ4n) is 19.5. The van der Waals surface area contributed by atoms with Crippen molar-refractivity contribution in [2.45, 2.75) is 0 Å². The molecule has 12 heterocycles. The van der Waals surface area contributed by atoms with E-state index in [1.807, 2.05) is 30.9 Å². The van der Waals surface area contributed by atoms with Crippen LogP contribution in [-0.2, 0) is 0 Å². The van der Waals surface area contributed by atoms with Gasteiger partial charge in [0.1, 0.15) is 11.2 Å². The average Bonchev–Trinajstić information content (AvgIpc) is 1.57. The van der Waals surface area contributed by atoms with Gasteiger partial charge in [-0.05, 0) is 175 Å². The van der Waals surface area contributed by atoms with Crippen LogP contribution in [-0.4, -0.2) is 48.2 Å². The number of rotatable bonds is 13. The third-order valence-corrected chi connectivity index (χ3v) is 26.5. The van der Waals surface area contributed by atoms with Gasteiger partial charge in [0.2, 0.25) is 0 Å². The number of nitrogens with zero attached hydrogens (tertiary/aromatic N) is 10. The molecule has 14 aromatic carbocycles. The molecule has 586 valence electrons. The third kappa shape index (κ3) is 11.5. The molecule has 0 N–H and O–H groups in total. The summed E-state index contributed by atoms with van der Waals surface area (Å²) in [5.41, 5.74) is 31.6. The quantitative estimate of drug-likeness (QED) is 0.113. The molecule has 0 atom stereocenters. The van der Waals surface area contributed by atoms with Crippen LogP contribution in [0.5, 0.6) is 0 Å². The largest absolute Gasteiger partial charge is 0.455 e. The minimum absolute atomic E-state index is 0.760. The summed E-state index contributed by atoms with van der Waals surface area (Å²) in [6, 6.07) is 139. The molecule has 26 rings (SSSR count). The second-order valence-corrected chi connectivity index (χ2v) is 33.6. The first-order chi connectivity index (χ1) is 62.4. The molecule has 0 aliphatic rings. The van der Waals surface area contributed by atoms with Crippen LogP contribution >= 0.6 is 11.3 Å². The lowest BCUT2D eigenvalue weighted by Gasteiger charge is -2.14. The average molecular weight is 1630 g/mol. The summed E-state index contributed by atoms with van der Waals surface area (Å²) in [7, 11) is 0. The number of para-hydroxylation sites is 3. The van der Waals surface area contributed by atoms with Gasteiger partial charge in [0.25, 0.3) is 0 Å². The zero-order chi connectivity index (χ0) is 82.6. The van der Waals surface area contributed by atoms with Crippen LogP contribution < -0.4 is 0 Å². The first-order valence-corrected chi connectivity index (χ1v) is 43.2. The maximum absolute atomic E-state index is 7.10. The molecule has 11 nitrogen and oxygen atoms in total. The Morgan fingerprint density at radius 1 is 0.198 bits per heavy atom. The number of pyridine rings is 6. The number of benzene rings is 14. The second kappa shape index (κ2) is 28.4. The van der Waals surface area contributed by atoms with Gasteiger partial charge in [-0.15, -0.1) is 11.3 Å². The summed E-state index contributed by atoms with van der Waals surface area (Å²) >= 11 is 1.81. The Hall–Kier alpha value is -16.8. The molecular weight excluding hydrogens is 1560 g/mol.